The highest BCUT2D eigenvalue weighted by molar-refractivity contribution is 5.09. The molecular weight excluding hydrogens is 216 g/mol. The van der Waals surface area contributed by atoms with Gasteiger partial charge in [0, 0.05) is 24.9 Å². The van der Waals surface area contributed by atoms with Gasteiger partial charge in [0.2, 0.25) is 0 Å². The summed E-state index contributed by atoms with van der Waals surface area (Å²) in [4.78, 5) is 0. The van der Waals surface area contributed by atoms with E-state index in [0.29, 0.717) is 6.54 Å². The van der Waals surface area contributed by atoms with Crippen LogP contribution in [0.15, 0.2) is 18.3 Å². The first kappa shape index (κ1) is 10.5. The monoisotopic (exact) mass is 232 g/mol. The lowest BCUT2D eigenvalue weighted by Gasteiger charge is -2.15. The van der Waals surface area contributed by atoms with Crippen LogP contribution in [-0.4, -0.2) is 24.4 Å². The van der Waals surface area contributed by atoms with E-state index in [9.17, 15) is 5.11 Å². The summed E-state index contributed by atoms with van der Waals surface area (Å²) in [5.41, 5.74) is 0.915. The molecule has 0 fully saturated rings. The minimum absolute atomic E-state index is 0.0635. The summed E-state index contributed by atoms with van der Waals surface area (Å²) in [6, 6.07) is 3.87. The molecule has 1 aliphatic heterocycles. The molecule has 0 spiro atoms. The zero-order valence-corrected chi connectivity index (χ0v) is 9.71. The first-order valence-corrected chi connectivity index (χ1v) is 6.04. The van der Waals surface area contributed by atoms with Crippen molar-refractivity contribution in [2.75, 3.05) is 0 Å². The summed E-state index contributed by atoms with van der Waals surface area (Å²) >= 11 is 0. The van der Waals surface area contributed by atoms with Gasteiger partial charge >= 0.3 is 0 Å². The predicted molar refractivity (Wildman–Crippen MR) is 62.4 cm³/mol. The molecule has 0 atom stereocenters. The second kappa shape index (κ2) is 4.33. The zero-order chi connectivity index (χ0) is 11.7. The Hall–Kier alpha value is -1.62. The molecule has 0 aromatic carbocycles. The largest absolute Gasteiger partial charge is 0.390 e. The van der Waals surface area contributed by atoms with Crippen molar-refractivity contribution < 1.29 is 5.11 Å². The van der Waals surface area contributed by atoms with Crippen LogP contribution >= 0.6 is 0 Å². The molecule has 0 unspecified atom stereocenters. The third-order valence-corrected chi connectivity index (χ3v) is 3.33. The molecule has 0 saturated heterocycles. The molecule has 0 bridgehead atoms. The zero-order valence-electron chi connectivity index (χ0n) is 9.71. The lowest BCUT2D eigenvalue weighted by Crippen LogP contribution is -2.15. The van der Waals surface area contributed by atoms with Gasteiger partial charge in [0.15, 0.2) is 5.82 Å². The van der Waals surface area contributed by atoms with Crippen LogP contribution in [0.1, 0.15) is 30.2 Å². The van der Waals surface area contributed by atoms with Crippen molar-refractivity contribution in [1.82, 2.24) is 19.3 Å². The highest BCUT2D eigenvalue weighted by Gasteiger charge is 2.16. The average Bonchev–Trinajstić information content (AvgIpc) is 2.97. The van der Waals surface area contributed by atoms with Crippen molar-refractivity contribution in [3.63, 3.8) is 0 Å². The Morgan fingerprint density at radius 2 is 2.24 bits per heavy atom. The summed E-state index contributed by atoms with van der Waals surface area (Å²) < 4.78 is 4.23. The lowest BCUT2D eigenvalue weighted by molar-refractivity contribution is 0.271. The normalized spacial score (nSPS) is 14.9. The lowest BCUT2D eigenvalue weighted by atomic mass is 10.2. The topological polar surface area (TPSA) is 55.9 Å². The van der Waals surface area contributed by atoms with E-state index in [4.69, 9.17) is 0 Å². The predicted octanol–water partition coefficient (Wildman–Crippen LogP) is 0.956. The number of hydrogen-bond donors (Lipinski definition) is 1. The standard InChI is InChI=1S/C12H16N4O/c17-9-10-4-3-6-15(10)8-12-14-13-11-5-1-2-7-16(11)12/h3-4,6,17H,1-2,5,7-9H2. The molecule has 1 aliphatic rings. The fraction of sp³-hybridized carbons (Fsp3) is 0.500. The SMILES string of the molecule is OCc1cccn1Cc1nnc2n1CCCC2. The molecule has 3 rings (SSSR count). The summed E-state index contributed by atoms with van der Waals surface area (Å²) in [7, 11) is 0. The fourth-order valence-corrected chi connectivity index (χ4v) is 2.39. The Bertz CT molecular complexity index is 514. The van der Waals surface area contributed by atoms with Crippen LogP contribution in [0.25, 0.3) is 0 Å². The van der Waals surface area contributed by atoms with Crippen LogP contribution in [0, 0.1) is 0 Å². The van der Waals surface area contributed by atoms with Crippen molar-refractivity contribution in [2.45, 2.75) is 39.0 Å². The second-order valence-electron chi connectivity index (χ2n) is 4.43. The van der Waals surface area contributed by atoms with Crippen LogP contribution in [0.2, 0.25) is 0 Å². The quantitative estimate of drug-likeness (QED) is 0.857. The van der Waals surface area contributed by atoms with E-state index >= 15 is 0 Å². The second-order valence-corrected chi connectivity index (χ2v) is 4.43. The molecule has 5 heteroatoms. The summed E-state index contributed by atoms with van der Waals surface area (Å²) in [5.74, 6) is 2.09. The van der Waals surface area contributed by atoms with Gasteiger partial charge in [0.05, 0.1) is 13.2 Å². The van der Waals surface area contributed by atoms with Crippen molar-refractivity contribution in [2.24, 2.45) is 0 Å². The van der Waals surface area contributed by atoms with Gasteiger partial charge in [0.25, 0.3) is 0 Å². The van der Waals surface area contributed by atoms with Gasteiger partial charge in [-0.1, -0.05) is 0 Å². The van der Waals surface area contributed by atoms with E-state index in [-0.39, 0.29) is 6.61 Å². The molecule has 90 valence electrons. The van der Waals surface area contributed by atoms with Gasteiger partial charge in [-0.3, -0.25) is 0 Å². The van der Waals surface area contributed by atoms with Crippen LogP contribution in [0.3, 0.4) is 0 Å². The van der Waals surface area contributed by atoms with Crippen molar-refractivity contribution in [3.8, 4) is 0 Å². The first-order chi connectivity index (χ1) is 8.38. The third kappa shape index (κ3) is 1.86. The van der Waals surface area contributed by atoms with E-state index in [0.717, 1.165) is 30.3 Å². The molecule has 2 aromatic heterocycles. The van der Waals surface area contributed by atoms with Crippen LogP contribution in [0.5, 0.6) is 0 Å². The highest BCUT2D eigenvalue weighted by atomic mass is 16.3. The number of aryl methyl sites for hydroxylation is 1. The Kier molecular flexibility index (Phi) is 2.68. The highest BCUT2D eigenvalue weighted by Crippen LogP contribution is 2.15. The number of nitrogens with zero attached hydrogens (tertiary/aromatic N) is 4. The molecule has 0 saturated carbocycles. The van der Waals surface area contributed by atoms with Crippen molar-refractivity contribution >= 4 is 0 Å². The van der Waals surface area contributed by atoms with Crippen molar-refractivity contribution in [1.29, 1.82) is 0 Å². The maximum absolute atomic E-state index is 9.21. The Labute approximate surface area is 99.7 Å². The summed E-state index contributed by atoms with van der Waals surface area (Å²) in [6.45, 7) is 1.78. The van der Waals surface area contributed by atoms with E-state index in [1.807, 2.05) is 22.9 Å². The van der Waals surface area contributed by atoms with Gasteiger partial charge in [-0.25, -0.2) is 0 Å². The number of aromatic nitrogens is 4. The van der Waals surface area contributed by atoms with Gasteiger partial charge in [-0.2, -0.15) is 0 Å². The maximum atomic E-state index is 9.21. The molecule has 0 amide bonds. The Balaban J connectivity index is 1.88. The van der Waals surface area contributed by atoms with E-state index in [1.54, 1.807) is 0 Å². The third-order valence-electron chi connectivity index (χ3n) is 3.33. The summed E-state index contributed by atoms with van der Waals surface area (Å²) in [6.07, 6.45) is 5.42. The van der Waals surface area contributed by atoms with Crippen molar-refractivity contribution in [3.05, 3.63) is 35.7 Å². The van der Waals surface area contributed by atoms with Gasteiger partial charge in [0.1, 0.15) is 5.82 Å². The molecule has 1 N–H and O–H groups in total. The molecule has 2 aromatic rings. The maximum Gasteiger partial charge on any atom is 0.153 e. The number of fused-ring (bicyclic) bond motifs is 1. The van der Waals surface area contributed by atoms with Crippen LogP contribution < -0.4 is 0 Å². The number of rotatable bonds is 3. The van der Waals surface area contributed by atoms with E-state index in [2.05, 4.69) is 14.8 Å². The number of aliphatic hydroxyl groups is 1. The molecule has 0 aliphatic carbocycles. The molecular formula is C12H16N4O. The van der Waals surface area contributed by atoms with Gasteiger partial charge in [-0.15, -0.1) is 10.2 Å². The number of aliphatic hydroxyl groups excluding tert-OH is 1. The average molecular weight is 232 g/mol. The fourth-order valence-electron chi connectivity index (χ4n) is 2.39. The minimum Gasteiger partial charge on any atom is -0.390 e. The molecule has 17 heavy (non-hydrogen) atoms. The smallest absolute Gasteiger partial charge is 0.153 e. The molecule has 5 nitrogen and oxygen atoms in total. The van der Waals surface area contributed by atoms with Gasteiger partial charge < -0.3 is 14.2 Å². The van der Waals surface area contributed by atoms with Crippen LogP contribution in [-0.2, 0) is 26.1 Å². The van der Waals surface area contributed by atoms with E-state index in [1.165, 1.54) is 12.8 Å². The Morgan fingerprint density at radius 1 is 1.29 bits per heavy atom. The number of hydrogen-bond acceptors (Lipinski definition) is 3. The Morgan fingerprint density at radius 3 is 3.12 bits per heavy atom. The summed E-state index contributed by atoms with van der Waals surface area (Å²) in [5, 5.41) is 17.7. The molecule has 0 radical (unpaired) electrons. The van der Waals surface area contributed by atoms with Gasteiger partial charge in [-0.05, 0) is 25.0 Å². The molecule has 3 heterocycles. The van der Waals surface area contributed by atoms with Crippen LogP contribution in [0.4, 0.5) is 0 Å². The minimum atomic E-state index is 0.0635. The van der Waals surface area contributed by atoms with E-state index < -0.39 is 0 Å². The first-order valence-electron chi connectivity index (χ1n) is 6.04.